The largest absolute Gasteiger partial charge is 0.379 e. The van der Waals surface area contributed by atoms with Gasteiger partial charge in [-0.1, -0.05) is 52.4 Å². The van der Waals surface area contributed by atoms with Crippen molar-refractivity contribution in [1.82, 2.24) is 0 Å². The molecule has 0 unspecified atom stereocenters. The number of rotatable bonds is 25. The van der Waals surface area contributed by atoms with Gasteiger partial charge in [0.05, 0.1) is 66.1 Å². The standard InChI is InChI=1S/C22H46O6/c1-3-5-7-9-11-23-13-15-25-17-19-27-21-22-28-20-18-26-16-14-24-12-10-8-6-4-2/h3-22H2,1-2H3. The van der Waals surface area contributed by atoms with Crippen molar-refractivity contribution >= 4 is 0 Å². The molecule has 170 valence electrons. The van der Waals surface area contributed by atoms with Gasteiger partial charge in [0.1, 0.15) is 0 Å². The summed E-state index contributed by atoms with van der Waals surface area (Å²) in [5, 5.41) is 0. The zero-order valence-electron chi connectivity index (χ0n) is 18.6. The Kier molecular flexibility index (Phi) is 26.5. The minimum atomic E-state index is 0.582. The highest BCUT2D eigenvalue weighted by Gasteiger charge is 1.94. The summed E-state index contributed by atoms with van der Waals surface area (Å²) in [6.45, 7) is 12.2. The SMILES string of the molecule is CCCCCCOCCOCCOCCOCCOCCOCCCCCC. The molecule has 0 amide bonds. The first-order valence-corrected chi connectivity index (χ1v) is 11.4. The van der Waals surface area contributed by atoms with E-state index in [1.54, 1.807) is 0 Å². The average Bonchev–Trinajstić information content (AvgIpc) is 2.71. The van der Waals surface area contributed by atoms with Gasteiger partial charge in [0.2, 0.25) is 0 Å². The highest BCUT2D eigenvalue weighted by Crippen LogP contribution is 1.99. The summed E-state index contributed by atoms with van der Waals surface area (Å²) < 4.78 is 32.8. The summed E-state index contributed by atoms with van der Waals surface area (Å²) in [5.41, 5.74) is 0. The molecule has 6 nitrogen and oxygen atoms in total. The zero-order valence-corrected chi connectivity index (χ0v) is 18.6. The molecule has 0 aromatic rings. The molecule has 0 fully saturated rings. The molecule has 0 heterocycles. The first-order chi connectivity index (χ1) is 13.9. The molecule has 0 bridgehead atoms. The lowest BCUT2D eigenvalue weighted by atomic mass is 10.2. The van der Waals surface area contributed by atoms with Crippen LogP contribution in [0, 0.1) is 0 Å². The van der Waals surface area contributed by atoms with E-state index in [9.17, 15) is 0 Å². The summed E-state index contributed by atoms with van der Waals surface area (Å²) >= 11 is 0. The molecular weight excluding hydrogens is 360 g/mol. The van der Waals surface area contributed by atoms with Crippen LogP contribution in [-0.2, 0) is 28.4 Å². The summed E-state index contributed by atoms with van der Waals surface area (Å²) in [6.07, 6.45) is 9.92. The van der Waals surface area contributed by atoms with Crippen LogP contribution in [0.25, 0.3) is 0 Å². The van der Waals surface area contributed by atoms with Crippen LogP contribution in [-0.4, -0.2) is 79.3 Å². The Hall–Kier alpha value is -0.240. The molecule has 0 aliphatic carbocycles. The molecule has 0 aromatic carbocycles. The summed E-state index contributed by atoms with van der Waals surface area (Å²) in [5.74, 6) is 0. The van der Waals surface area contributed by atoms with E-state index < -0.39 is 0 Å². The second-order valence-electron chi connectivity index (χ2n) is 6.80. The lowest BCUT2D eigenvalue weighted by Crippen LogP contribution is -2.14. The normalized spacial score (nSPS) is 11.4. The Bertz CT molecular complexity index is 239. The van der Waals surface area contributed by atoms with E-state index in [2.05, 4.69) is 13.8 Å². The van der Waals surface area contributed by atoms with Crippen molar-refractivity contribution in [3.8, 4) is 0 Å². The second-order valence-corrected chi connectivity index (χ2v) is 6.80. The van der Waals surface area contributed by atoms with Gasteiger partial charge in [-0.3, -0.25) is 0 Å². The van der Waals surface area contributed by atoms with Gasteiger partial charge in [0, 0.05) is 13.2 Å². The van der Waals surface area contributed by atoms with E-state index in [4.69, 9.17) is 28.4 Å². The Balaban J connectivity index is 2.96. The van der Waals surface area contributed by atoms with Crippen LogP contribution >= 0.6 is 0 Å². The number of hydrogen-bond acceptors (Lipinski definition) is 6. The van der Waals surface area contributed by atoms with Gasteiger partial charge in [0.15, 0.2) is 0 Å². The van der Waals surface area contributed by atoms with Crippen molar-refractivity contribution < 1.29 is 28.4 Å². The molecule has 0 aromatic heterocycles. The predicted molar refractivity (Wildman–Crippen MR) is 113 cm³/mol. The van der Waals surface area contributed by atoms with Crippen LogP contribution in [0.5, 0.6) is 0 Å². The fraction of sp³-hybridized carbons (Fsp3) is 1.00. The van der Waals surface area contributed by atoms with E-state index >= 15 is 0 Å². The van der Waals surface area contributed by atoms with E-state index in [-0.39, 0.29) is 0 Å². The number of hydrogen-bond donors (Lipinski definition) is 0. The Morgan fingerprint density at radius 1 is 0.286 bits per heavy atom. The van der Waals surface area contributed by atoms with E-state index in [1.165, 1.54) is 38.5 Å². The molecule has 0 N–H and O–H groups in total. The minimum absolute atomic E-state index is 0.582. The van der Waals surface area contributed by atoms with Crippen LogP contribution in [0.15, 0.2) is 0 Å². The molecule has 28 heavy (non-hydrogen) atoms. The fourth-order valence-corrected chi connectivity index (χ4v) is 2.46. The Morgan fingerprint density at radius 2 is 0.536 bits per heavy atom. The lowest BCUT2D eigenvalue weighted by molar-refractivity contribution is -0.0169. The first-order valence-electron chi connectivity index (χ1n) is 11.4. The highest BCUT2D eigenvalue weighted by atomic mass is 16.6. The van der Waals surface area contributed by atoms with Gasteiger partial charge in [-0.25, -0.2) is 0 Å². The Morgan fingerprint density at radius 3 is 0.786 bits per heavy atom. The molecule has 0 atom stereocenters. The van der Waals surface area contributed by atoms with E-state index in [0.29, 0.717) is 66.1 Å². The van der Waals surface area contributed by atoms with Crippen molar-refractivity contribution in [2.75, 3.05) is 79.3 Å². The minimum Gasteiger partial charge on any atom is -0.379 e. The molecule has 0 saturated carbocycles. The van der Waals surface area contributed by atoms with Gasteiger partial charge in [-0.05, 0) is 12.8 Å². The molecule has 0 aliphatic heterocycles. The van der Waals surface area contributed by atoms with Crippen LogP contribution < -0.4 is 0 Å². The quantitative estimate of drug-likeness (QED) is 0.211. The van der Waals surface area contributed by atoms with E-state index in [1.807, 2.05) is 0 Å². The molecule has 0 aliphatic rings. The molecule has 0 spiro atoms. The van der Waals surface area contributed by atoms with Crippen LogP contribution in [0.2, 0.25) is 0 Å². The predicted octanol–water partition coefficient (Wildman–Crippen LogP) is 4.25. The summed E-state index contributed by atoms with van der Waals surface area (Å²) in [4.78, 5) is 0. The molecular formula is C22H46O6. The van der Waals surface area contributed by atoms with Gasteiger partial charge < -0.3 is 28.4 Å². The molecule has 0 rings (SSSR count). The lowest BCUT2D eigenvalue weighted by Gasteiger charge is -2.08. The zero-order chi connectivity index (χ0) is 20.4. The summed E-state index contributed by atoms with van der Waals surface area (Å²) in [7, 11) is 0. The van der Waals surface area contributed by atoms with Gasteiger partial charge in [-0.2, -0.15) is 0 Å². The molecule has 0 radical (unpaired) electrons. The van der Waals surface area contributed by atoms with Crippen molar-refractivity contribution in [3.63, 3.8) is 0 Å². The number of ether oxygens (including phenoxy) is 6. The third kappa shape index (κ3) is 25.8. The average molecular weight is 407 g/mol. The van der Waals surface area contributed by atoms with Gasteiger partial charge in [0.25, 0.3) is 0 Å². The van der Waals surface area contributed by atoms with Gasteiger partial charge in [-0.15, -0.1) is 0 Å². The maximum Gasteiger partial charge on any atom is 0.0701 e. The van der Waals surface area contributed by atoms with Crippen LogP contribution in [0.3, 0.4) is 0 Å². The topological polar surface area (TPSA) is 55.4 Å². The smallest absolute Gasteiger partial charge is 0.0701 e. The maximum absolute atomic E-state index is 5.51. The van der Waals surface area contributed by atoms with Crippen molar-refractivity contribution in [1.29, 1.82) is 0 Å². The van der Waals surface area contributed by atoms with Crippen molar-refractivity contribution in [2.24, 2.45) is 0 Å². The second kappa shape index (κ2) is 26.8. The molecule has 6 heteroatoms. The molecule has 0 saturated heterocycles. The Labute approximate surface area is 173 Å². The van der Waals surface area contributed by atoms with E-state index in [0.717, 1.165) is 26.1 Å². The number of unbranched alkanes of at least 4 members (excludes halogenated alkanes) is 6. The monoisotopic (exact) mass is 406 g/mol. The third-order valence-corrected chi connectivity index (χ3v) is 4.14. The highest BCUT2D eigenvalue weighted by molar-refractivity contribution is 4.41. The third-order valence-electron chi connectivity index (χ3n) is 4.14. The summed E-state index contributed by atoms with van der Waals surface area (Å²) in [6, 6.07) is 0. The van der Waals surface area contributed by atoms with Gasteiger partial charge >= 0.3 is 0 Å². The maximum atomic E-state index is 5.51. The van der Waals surface area contributed by atoms with Crippen LogP contribution in [0.4, 0.5) is 0 Å². The van der Waals surface area contributed by atoms with Crippen LogP contribution in [0.1, 0.15) is 65.2 Å². The first kappa shape index (κ1) is 27.8. The van der Waals surface area contributed by atoms with Crippen molar-refractivity contribution in [2.45, 2.75) is 65.2 Å². The van der Waals surface area contributed by atoms with Crippen molar-refractivity contribution in [3.05, 3.63) is 0 Å². The fourth-order valence-electron chi connectivity index (χ4n) is 2.46.